The lowest BCUT2D eigenvalue weighted by atomic mass is 9.60. The fourth-order valence-electron chi connectivity index (χ4n) is 6.67. The standard InChI is InChI=1S/C27H44O2/c1-19-10-13-23(28)18-22(19)12-11-21-9-7-17-27(5)24(14-15-25(21)27)20(2)8-6-16-26(3,4)29/h11-12,20,23-25,28-29H,1,6-10,13-18H2,2-5H3/t20-,23+,24-,25+,27+/m1/s1. The molecule has 0 saturated heterocycles. The van der Waals surface area contributed by atoms with Crippen LogP contribution in [0.2, 0.25) is 0 Å². The molecule has 0 aromatic rings. The van der Waals surface area contributed by atoms with E-state index >= 15 is 0 Å². The Balaban J connectivity index is 1.68. The summed E-state index contributed by atoms with van der Waals surface area (Å²) in [7, 11) is 0. The van der Waals surface area contributed by atoms with Crippen LogP contribution in [0.5, 0.6) is 0 Å². The first-order valence-corrected chi connectivity index (χ1v) is 12.1. The van der Waals surface area contributed by atoms with Crippen molar-refractivity contribution in [2.24, 2.45) is 23.2 Å². The molecule has 3 fully saturated rings. The van der Waals surface area contributed by atoms with Gasteiger partial charge >= 0.3 is 0 Å². The molecule has 3 rings (SSSR count). The molecule has 2 heteroatoms. The second kappa shape index (κ2) is 9.10. The van der Waals surface area contributed by atoms with Crippen LogP contribution >= 0.6 is 0 Å². The Bertz CT molecular complexity index is 650. The van der Waals surface area contributed by atoms with Gasteiger partial charge in [0.15, 0.2) is 0 Å². The van der Waals surface area contributed by atoms with E-state index in [1.165, 1.54) is 49.7 Å². The summed E-state index contributed by atoms with van der Waals surface area (Å²) in [5.41, 5.74) is 4.02. The fraction of sp³-hybridized carbons (Fsp3) is 0.778. The van der Waals surface area contributed by atoms with Gasteiger partial charge in [0.2, 0.25) is 0 Å². The first kappa shape index (κ1) is 22.8. The van der Waals surface area contributed by atoms with E-state index in [4.69, 9.17) is 0 Å². The van der Waals surface area contributed by atoms with Crippen molar-refractivity contribution in [1.82, 2.24) is 0 Å². The molecule has 0 heterocycles. The summed E-state index contributed by atoms with van der Waals surface area (Å²) < 4.78 is 0. The highest BCUT2D eigenvalue weighted by molar-refractivity contribution is 5.36. The number of allylic oxidation sites excluding steroid dienone is 4. The van der Waals surface area contributed by atoms with Crippen molar-refractivity contribution in [3.63, 3.8) is 0 Å². The van der Waals surface area contributed by atoms with E-state index in [0.717, 1.165) is 49.9 Å². The summed E-state index contributed by atoms with van der Waals surface area (Å²) in [6, 6.07) is 0. The smallest absolute Gasteiger partial charge is 0.0591 e. The second-order valence-corrected chi connectivity index (χ2v) is 11.2. The maximum atomic E-state index is 10.0. The van der Waals surface area contributed by atoms with Crippen LogP contribution in [-0.4, -0.2) is 21.9 Å². The van der Waals surface area contributed by atoms with Crippen molar-refractivity contribution in [3.05, 3.63) is 35.5 Å². The van der Waals surface area contributed by atoms with Crippen molar-refractivity contribution >= 4 is 0 Å². The quantitative estimate of drug-likeness (QED) is 0.518. The van der Waals surface area contributed by atoms with E-state index in [0.29, 0.717) is 5.41 Å². The van der Waals surface area contributed by atoms with Crippen molar-refractivity contribution in [3.8, 4) is 0 Å². The van der Waals surface area contributed by atoms with Crippen LogP contribution in [0.4, 0.5) is 0 Å². The molecule has 5 atom stereocenters. The third-order valence-electron chi connectivity index (χ3n) is 8.36. The van der Waals surface area contributed by atoms with Crippen LogP contribution < -0.4 is 0 Å². The summed E-state index contributed by atoms with van der Waals surface area (Å²) in [5.74, 6) is 2.26. The van der Waals surface area contributed by atoms with Gasteiger partial charge in [-0.2, -0.15) is 0 Å². The Morgan fingerprint density at radius 3 is 2.69 bits per heavy atom. The molecule has 0 radical (unpaired) electrons. The van der Waals surface area contributed by atoms with Crippen LogP contribution in [0.15, 0.2) is 35.5 Å². The monoisotopic (exact) mass is 400 g/mol. The lowest BCUT2D eigenvalue weighted by Crippen LogP contribution is -2.36. The topological polar surface area (TPSA) is 40.5 Å². The highest BCUT2D eigenvalue weighted by Crippen LogP contribution is 2.60. The van der Waals surface area contributed by atoms with Gasteiger partial charge in [0.25, 0.3) is 0 Å². The average molecular weight is 401 g/mol. The number of hydrogen-bond donors (Lipinski definition) is 2. The summed E-state index contributed by atoms with van der Waals surface area (Å²) >= 11 is 0. The van der Waals surface area contributed by atoms with E-state index in [-0.39, 0.29) is 6.10 Å². The lowest BCUT2D eigenvalue weighted by Gasteiger charge is -2.44. The predicted octanol–water partition coefficient (Wildman–Crippen LogP) is 6.73. The third-order valence-corrected chi connectivity index (χ3v) is 8.36. The van der Waals surface area contributed by atoms with E-state index in [1.807, 2.05) is 13.8 Å². The second-order valence-electron chi connectivity index (χ2n) is 11.2. The van der Waals surface area contributed by atoms with Gasteiger partial charge in [-0.3, -0.25) is 0 Å². The summed E-state index contributed by atoms with van der Waals surface area (Å²) in [6.07, 6.45) is 16.9. The first-order chi connectivity index (χ1) is 13.6. The van der Waals surface area contributed by atoms with Gasteiger partial charge < -0.3 is 10.2 Å². The number of aliphatic hydroxyl groups is 2. The van der Waals surface area contributed by atoms with Crippen LogP contribution in [-0.2, 0) is 0 Å². The van der Waals surface area contributed by atoms with Gasteiger partial charge in [0.1, 0.15) is 0 Å². The number of fused-ring (bicyclic) bond motifs is 1. The van der Waals surface area contributed by atoms with Crippen molar-refractivity contribution in [1.29, 1.82) is 0 Å². The van der Waals surface area contributed by atoms with Crippen LogP contribution in [0.25, 0.3) is 0 Å². The molecule has 0 spiro atoms. The molecule has 3 aliphatic rings. The SMILES string of the molecule is C=C1CC[C@H](O)CC1=CC=C1CCC[C@@]2(C)[C@@H]([C@H](C)CCCC(C)(C)O)CC[C@@H]12. The maximum absolute atomic E-state index is 10.0. The van der Waals surface area contributed by atoms with Gasteiger partial charge in [-0.05, 0) is 100 Å². The Morgan fingerprint density at radius 1 is 1.21 bits per heavy atom. The Hall–Kier alpha value is -0.860. The maximum Gasteiger partial charge on any atom is 0.0591 e. The van der Waals surface area contributed by atoms with Gasteiger partial charge in [0, 0.05) is 0 Å². The van der Waals surface area contributed by atoms with Crippen molar-refractivity contribution in [2.75, 3.05) is 0 Å². The molecule has 2 N–H and O–H groups in total. The van der Waals surface area contributed by atoms with E-state index in [9.17, 15) is 10.2 Å². The van der Waals surface area contributed by atoms with Gasteiger partial charge in [-0.25, -0.2) is 0 Å². The number of hydrogen-bond acceptors (Lipinski definition) is 2. The Labute approximate surface area is 179 Å². The minimum absolute atomic E-state index is 0.192. The van der Waals surface area contributed by atoms with Crippen LogP contribution in [0.1, 0.15) is 98.3 Å². The minimum Gasteiger partial charge on any atom is -0.393 e. The average Bonchev–Trinajstić information content (AvgIpc) is 2.99. The highest BCUT2D eigenvalue weighted by Gasteiger charge is 2.50. The van der Waals surface area contributed by atoms with E-state index in [1.54, 1.807) is 5.57 Å². The highest BCUT2D eigenvalue weighted by atomic mass is 16.3. The molecule has 164 valence electrons. The zero-order chi connectivity index (χ0) is 21.2. The van der Waals surface area contributed by atoms with E-state index in [2.05, 4.69) is 32.6 Å². The fourth-order valence-corrected chi connectivity index (χ4v) is 6.67. The summed E-state index contributed by atoms with van der Waals surface area (Å²) in [4.78, 5) is 0. The molecule has 0 bridgehead atoms. The summed E-state index contributed by atoms with van der Waals surface area (Å²) in [5, 5.41) is 20.1. The molecule has 3 aliphatic carbocycles. The van der Waals surface area contributed by atoms with Crippen molar-refractivity contribution < 1.29 is 10.2 Å². The molecule has 0 aromatic heterocycles. The van der Waals surface area contributed by atoms with Crippen LogP contribution in [0.3, 0.4) is 0 Å². The molecule has 29 heavy (non-hydrogen) atoms. The zero-order valence-electron chi connectivity index (χ0n) is 19.3. The number of rotatable bonds is 6. The molecule has 0 amide bonds. The van der Waals surface area contributed by atoms with Crippen molar-refractivity contribution in [2.45, 2.75) is 110 Å². The van der Waals surface area contributed by atoms with E-state index < -0.39 is 5.60 Å². The molecular weight excluding hydrogens is 356 g/mol. The van der Waals surface area contributed by atoms with Gasteiger partial charge in [-0.1, -0.05) is 56.6 Å². The molecule has 3 saturated carbocycles. The molecule has 0 aromatic carbocycles. The van der Waals surface area contributed by atoms with Gasteiger partial charge in [-0.15, -0.1) is 0 Å². The lowest BCUT2D eigenvalue weighted by molar-refractivity contribution is 0.0596. The predicted molar refractivity (Wildman–Crippen MR) is 123 cm³/mol. The van der Waals surface area contributed by atoms with Gasteiger partial charge in [0.05, 0.1) is 11.7 Å². The molecule has 2 nitrogen and oxygen atoms in total. The minimum atomic E-state index is -0.535. The zero-order valence-corrected chi connectivity index (χ0v) is 19.3. The number of aliphatic hydroxyl groups excluding tert-OH is 1. The Kier molecular flexibility index (Phi) is 7.16. The molecule has 0 unspecified atom stereocenters. The molecular formula is C27H44O2. The Morgan fingerprint density at radius 2 is 1.97 bits per heavy atom. The van der Waals surface area contributed by atoms with Crippen LogP contribution in [0, 0.1) is 23.2 Å². The first-order valence-electron chi connectivity index (χ1n) is 12.1. The third kappa shape index (κ3) is 5.44. The molecule has 0 aliphatic heterocycles. The normalized spacial score (nSPS) is 37.2. The summed E-state index contributed by atoms with van der Waals surface area (Å²) in [6.45, 7) is 13.1. The largest absolute Gasteiger partial charge is 0.393 e.